The molecule has 26 heavy (non-hydrogen) atoms. The molecule has 4 heteroatoms. The maximum Gasteiger partial charge on any atom is 0.227 e. The van der Waals surface area contributed by atoms with Crippen LogP contribution in [0.3, 0.4) is 0 Å². The van der Waals surface area contributed by atoms with Gasteiger partial charge in [0, 0.05) is 32.2 Å². The second-order valence-corrected chi connectivity index (χ2v) is 7.34. The largest absolute Gasteiger partial charge is 0.334 e. The number of hydrogen-bond acceptors (Lipinski definition) is 3. The Kier molecular flexibility index (Phi) is 4.73. The molecule has 3 aliphatic heterocycles. The summed E-state index contributed by atoms with van der Waals surface area (Å²) in [6.45, 7) is 3.11. The minimum absolute atomic E-state index is 0.0757. The molecule has 0 spiro atoms. The highest BCUT2D eigenvalue weighted by Gasteiger charge is 2.40. The van der Waals surface area contributed by atoms with Gasteiger partial charge in [0.1, 0.15) is 0 Å². The van der Waals surface area contributed by atoms with Gasteiger partial charge in [-0.3, -0.25) is 9.69 Å². The van der Waals surface area contributed by atoms with E-state index in [1.807, 2.05) is 42.5 Å². The molecule has 3 heterocycles. The monoisotopic (exact) mass is 345 g/mol. The fourth-order valence-corrected chi connectivity index (χ4v) is 4.26. The van der Waals surface area contributed by atoms with E-state index >= 15 is 0 Å². The van der Waals surface area contributed by atoms with Gasteiger partial charge in [-0.1, -0.05) is 48.5 Å². The predicted octanol–water partition coefficient (Wildman–Crippen LogP) is 3.18. The van der Waals surface area contributed by atoms with Crippen LogP contribution in [0.2, 0.25) is 0 Å². The smallest absolute Gasteiger partial charge is 0.227 e. The summed E-state index contributed by atoms with van der Waals surface area (Å²) in [7, 11) is 0. The summed E-state index contributed by atoms with van der Waals surface area (Å²) in [6.07, 6.45) is 2.05. The average Bonchev–Trinajstić information content (AvgIpc) is 2.95. The zero-order chi connectivity index (χ0) is 17.9. The average molecular weight is 345 g/mol. The van der Waals surface area contributed by atoms with Crippen LogP contribution in [0, 0.1) is 17.2 Å². The summed E-state index contributed by atoms with van der Waals surface area (Å²) in [5.41, 5.74) is 2.98. The van der Waals surface area contributed by atoms with Crippen molar-refractivity contribution in [1.29, 1.82) is 5.26 Å². The summed E-state index contributed by atoms with van der Waals surface area (Å²) in [5, 5.41) is 9.34. The van der Waals surface area contributed by atoms with E-state index in [2.05, 4.69) is 28.0 Å². The van der Waals surface area contributed by atoms with Crippen LogP contribution in [-0.2, 0) is 17.9 Å². The van der Waals surface area contributed by atoms with Crippen LogP contribution in [0.15, 0.2) is 54.6 Å². The van der Waals surface area contributed by atoms with Crippen molar-refractivity contribution in [3.8, 4) is 6.07 Å². The molecule has 4 nitrogen and oxygen atoms in total. The topological polar surface area (TPSA) is 47.3 Å². The van der Waals surface area contributed by atoms with Crippen molar-refractivity contribution in [3.63, 3.8) is 0 Å². The maximum atomic E-state index is 13.0. The van der Waals surface area contributed by atoms with Crippen molar-refractivity contribution < 1.29 is 4.79 Å². The number of benzene rings is 2. The Bertz CT molecular complexity index is 827. The Hall–Kier alpha value is -2.64. The first-order chi connectivity index (χ1) is 12.7. The van der Waals surface area contributed by atoms with E-state index in [1.165, 1.54) is 5.56 Å². The Labute approximate surface area is 154 Å². The van der Waals surface area contributed by atoms with Crippen molar-refractivity contribution in [2.24, 2.45) is 5.92 Å². The molecular formula is C22H23N3O. The Balaban J connectivity index is 1.52. The van der Waals surface area contributed by atoms with Gasteiger partial charge in [0.05, 0.1) is 17.6 Å². The summed E-state index contributed by atoms with van der Waals surface area (Å²) in [5.74, 6) is 0.368. The fourth-order valence-electron chi connectivity index (χ4n) is 4.26. The summed E-state index contributed by atoms with van der Waals surface area (Å²) < 4.78 is 0. The fraction of sp³-hybridized carbons (Fsp3) is 0.364. The van der Waals surface area contributed by atoms with Gasteiger partial charge >= 0.3 is 0 Å². The van der Waals surface area contributed by atoms with Crippen LogP contribution >= 0.6 is 0 Å². The molecule has 132 valence electrons. The molecule has 2 atom stereocenters. The molecule has 0 aromatic heterocycles. The number of hydrogen-bond donors (Lipinski definition) is 0. The highest BCUT2D eigenvalue weighted by atomic mass is 16.2. The molecule has 5 rings (SSSR count). The molecule has 0 aliphatic carbocycles. The van der Waals surface area contributed by atoms with Crippen molar-refractivity contribution in [1.82, 2.24) is 9.80 Å². The van der Waals surface area contributed by atoms with E-state index < -0.39 is 0 Å². The molecular weight excluding hydrogens is 322 g/mol. The van der Waals surface area contributed by atoms with Gasteiger partial charge in [-0.2, -0.15) is 5.26 Å². The summed E-state index contributed by atoms with van der Waals surface area (Å²) in [4.78, 5) is 17.4. The van der Waals surface area contributed by atoms with Crippen molar-refractivity contribution in [2.45, 2.75) is 32.0 Å². The molecule has 1 amide bonds. The lowest BCUT2D eigenvalue weighted by Crippen LogP contribution is -2.47. The first-order valence-corrected chi connectivity index (χ1v) is 9.29. The van der Waals surface area contributed by atoms with E-state index in [0.29, 0.717) is 12.5 Å². The molecule has 3 aliphatic rings. The van der Waals surface area contributed by atoms with Gasteiger partial charge < -0.3 is 4.90 Å². The van der Waals surface area contributed by atoms with E-state index in [0.717, 1.165) is 43.6 Å². The SMILES string of the molecule is N#Cc1ccccc1CN1C[C@@H]2CC[C@H](C1)N(Cc1ccccc1)C2=O. The van der Waals surface area contributed by atoms with Crippen LogP contribution < -0.4 is 0 Å². The molecule has 2 aromatic carbocycles. The van der Waals surface area contributed by atoms with Crippen molar-refractivity contribution in [3.05, 3.63) is 71.3 Å². The standard InChI is InChI=1S/C22H23N3O/c23-12-18-8-4-5-9-19(18)14-24-15-20-10-11-21(16-24)25(22(20)26)13-17-6-2-1-3-7-17/h1-9,20-21H,10-11,13-16H2/t20-,21+/m0/s1. The highest BCUT2D eigenvalue weighted by Crippen LogP contribution is 2.31. The molecule has 2 aromatic rings. The van der Waals surface area contributed by atoms with Gasteiger partial charge in [0.15, 0.2) is 0 Å². The van der Waals surface area contributed by atoms with E-state index in [9.17, 15) is 10.1 Å². The lowest BCUT2D eigenvalue weighted by Gasteiger charge is -2.36. The van der Waals surface area contributed by atoms with Gasteiger partial charge in [0.2, 0.25) is 5.91 Å². The molecule has 0 N–H and O–H groups in total. The predicted molar refractivity (Wildman–Crippen MR) is 99.9 cm³/mol. The van der Waals surface area contributed by atoms with Crippen LogP contribution in [0.5, 0.6) is 0 Å². The van der Waals surface area contributed by atoms with Crippen molar-refractivity contribution >= 4 is 5.91 Å². The van der Waals surface area contributed by atoms with Crippen LogP contribution in [-0.4, -0.2) is 34.8 Å². The zero-order valence-electron chi connectivity index (χ0n) is 14.8. The quantitative estimate of drug-likeness (QED) is 0.855. The molecule has 2 bridgehead atoms. The van der Waals surface area contributed by atoms with Gasteiger partial charge in [0.25, 0.3) is 0 Å². The zero-order valence-corrected chi connectivity index (χ0v) is 14.8. The number of nitrogens with zero attached hydrogens (tertiary/aromatic N) is 3. The van der Waals surface area contributed by atoms with E-state index in [-0.39, 0.29) is 12.0 Å². The van der Waals surface area contributed by atoms with Crippen LogP contribution in [0.4, 0.5) is 0 Å². The Morgan fingerprint density at radius 1 is 0.962 bits per heavy atom. The van der Waals surface area contributed by atoms with E-state index in [1.54, 1.807) is 0 Å². The van der Waals surface area contributed by atoms with Gasteiger partial charge in [-0.05, 0) is 30.0 Å². The molecule has 0 radical (unpaired) electrons. The molecule has 0 saturated carbocycles. The summed E-state index contributed by atoms with van der Waals surface area (Å²) in [6, 6.07) is 20.6. The molecule has 3 saturated heterocycles. The van der Waals surface area contributed by atoms with Gasteiger partial charge in [-0.15, -0.1) is 0 Å². The second kappa shape index (κ2) is 7.31. The number of amides is 1. The third-order valence-corrected chi connectivity index (χ3v) is 5.60. The third kappa shape index (κ3) is 3.36. The number of piperidine rings is 1. The van der Waals surface area contributed by atoms with Crippen molar-refractivity contribution in [2.75, 3.05) is 13.1 Å². The Morgan fingerprint density at radius 2 is 1.73 bits per heavy atom. The van der Waals surface area contributed by atoms with E-state index in [4.69, 9.17) is 0 Å². The molecule has 0 unspecified atom stereocenters. The highest BCUT2D eigenvalue weighted by molar-refractivity contribution is 5.80. The number of rotatable bonds is 4. The normalized spacial score (nSPS) is 22.9. The Morgan fingerprint density at radius 3 is 2.54 bits per heavy atom. The lowest BCUT2D eigenvalue weighted by molar-refractivity contribution is -0.140. The minimum Gasteiger partial charge on any atom is -0.334 e. The van der Waals surface area contributed by atoms with Gasteiger partial charge in [-0.25, -0.2) is 0 Å². The second-order valence-electron chi connectivity index (χ2n) is 7.34. The lowest BCUT2D eigenvalue weighted by atomic mass is 9.93. The minimum atomic E-state index is 0.0757. The molecule has 3 fully saturated rings. The number of fused-ring (bicyclic) bond motifs is 4. The number of nitriles is 1. The third-order valence-electron chi connectivity index (χ3n) is 5.60. The number of carbonyl (C=O) groups is 1. The maximum absolute atomic E-state index is 13.0. The van der Waals surface area contributed by atoms with Crippen LogP contribution in [0.25, 0.3) is 0 Å². The van der Waals surface area contributed by atoms with Crippen LogP contribution in [0.1, 0.15) is 29.5 Å². The first-order valence-electron chi connectivity index (χ1n) is 9.29. The first kappa shape index (κ1) is 16.8. The summed E-state index contributed by atoms with van der Waals surface area (Å²) >= 11 is 0. The number of carbonyl (C=O) groups excluding carboxylic acids is 1.